The molecule has 1 rings (SSSR count). The first kappa shape index (κ1) is 20.0. The molecule has 0 amide bonds. The van der Waals surface area contributed by atoms with Gasteiger partial charge in [0.05, 0.1) is 12.6 Å². The first-order valence-electron chi connectivity index (χ1n) is 7.52. The number of rotatable bonds is 7. The summed E-state index contributed by atoms with van der Waals surface area (Å²) >= 11 is 0. The fourth-order valence-electron chi connectivity index (χ4n) is 2.02. The average Bonchev–Trinajstić information content (AvgIpc) is 3.12. The molecule has 0 aromatic heterocycles. The molecule has 1 aliphatic rings. The van der Waals surface area contributed by atoms with Crippen LogP contribution in [0.2, 0.25) is 0 Å². The molecular formula is C15H32IN3O. The first-order valence-corrected chi connectivity index (χ1v) is 7.52. The first-order chi connectivity index (χ1) is 8.97. The molecule has 1 saturated carbocycles. The molecule has 0 saturated heterocycles. The second-order valence-corrected chi connectivity index (χ2v) is 6.47. The van der Waals surface area contributed by atoms with E-state index in [4.69, 9.17) is 4.74 Å². The van der Waals surface area contributed by atoms with Gasteiger partial charge in [0.25, 0.3) is 0 Å². The van der Waals surface area contributed by atoms with Crippen LogP contribution in [0, 0.1) is 11.3 Å². The highest BCUT2D eigenvalue weighted by molar-refractivity contribution is 14.0. The van der Waals surface area contributed by atoms with E-state index in [9.17, 15) is 0 Å². The fourth-order valence-corrected chi connectivity index (χ4v) is 2.02. The highest BCUT2D eigenvalue weighted by Gasteiger charge is 2.24. The lowest BCUT2D eigenvalue weighted by atomic mass is 9.89. The third-order valence-corrected chi connectivity index (χ3v) is 3.55. The second-order valence-electron chi connectivity index (χ2n) is 6.47. The maximum atomic E-state index is 5.53. The topological polar surface area (TPSA) is 45.7 Å². The number of aliphatic imine (C=N–C) groups is 1. The van der Waals surface area contributed by atoms with Gasteiger partial charge in [-0.3, -0.25) is 4.99 Å². The zero-order valence-corrected chi connectivity index (χ0v) is 16.0. The molecule has 0 spiro atoms. The maximum absolute atomic E-state index is 5.53. The molecule has 0 radical (unpaired) electrons. The van der Waals surface area contributed by atoms with Crippen molar-refractivity contribution in [3.05, 3.63) is 0 Å². The summed E-state index contributed by atoms with van der Waals surface area (Å²) in [6, 6.07) is 0. The van der Waals surface area contributed by atoms with E-state index in [0.29, 0.717) is 6.54 Å². The average molecular weight is 397 g/mol. The number of guanidine groups is 1. The molecule has 5 heteroatoms. The molecular weight excluding hydrogens is 365 g/mol. The van der Waals surface area contributed by atoms with E-state index < -0.39 is 0 Å². The van der Waals surface area contributed by atoms with E-state index in [1.165, 1.54) is 19.3 Å². The lowest BCUT2D eigenvalue weighted by Gasteiger charge is -2.28. The Morgan fingerprint density at radius 1 is 1.30 bits per heavy atom. The standard InChI is InChI=1S/C15H31N3O.HI/c1-6-16-14(17-10-9-12-7-8-12)18-11-13(19-5)15(2,3)4;/h12-13H,6-11H2,1-5H3,(H2,16,17,18);1H. The highest BCUT2D eigenvalue weighted by atomic mass is 127. The Bertz CT molecular complexity index is 285. The van der Waals surface area contributed by atoms with Crippen LogP contribution < -0.4 is 10.6 Å². The van der Waals surface area contributed by atoms with Crippen molar-refractivity contribution in [3.8, 4) is 0 Å². The number of methoxy groups -OCH3 is 1. The van der Waals surface area contributed by atoms with Crippen LogP contribution in [0.5, 0.6) is 0 Å². The van der Waals surface area contributed by atoms with Gasteiger partial charge in [-0.05, 0) is 24.7 Å². The van der Waals surface area contributed by atoms with Gasteiger partial charge in [-0.2, -0.15) is 0 Å². The van der Waals surface area contributed by atoms with Gasteiger partial charge < -0.3 is 15.4 Å². The minimum absolute atomic E-state index is 0. The van der Waals surface area contributed by atoms with Crippen LogP contribution in [0.3, 0.4) is 0 Å². The van der Waals surface area contributed by atoms with E-state index in [0.717, 1.165) is 25.0 Å². The van der Waals surface area contributed by atoms with Crippen molar-refractivity contribution in [1.82, 2.24) is 10.6 Å². The molecule has 0 bridgehead atoms. The largest absolute Gasteiger partial charge is 0.379 e. The Kier molecular flexibility index (Phi) is 9.80. The zero-order valence-electron chi connectivity index (χ0n) is 13.7. The highest BCUT2D eigenvalue weighted by Crippen LogP contribution is 2.31. The van der Waals surface area contributed by atoms with Crippen LogP contribution in [0.1, 0.15) is 47.0 Å². The van der Waals surface area contributed by atoms with Gasteiger partial charge in [0, 0.05) is 20.2 Å². The quantitative estimate of drug-likeness (QED) is 0.395. The molecule has 0 aromatic rings. The normalized spacial score (nSPS) is 17.4. The third kappa shape index (κ3) is 8.29. The Labute approximate surface area is 141 Å². The van der Waals surface area contributed by atoms with Crippen LogP contribution in [-0.2, 0) is 4.74 Å². The lowest BCUT2D eigenvalue weighted by molar-refractivity contribution is 0.0241. The van der Waals surface area contributed by atoms with Gasteiger partial charge in [0.1, 0.15) is 0 Å². The Morgan fingerprint density at radius 2 is 1.95 bits per heavy atom. The van der Waals surface area contributed by atoms with Crippen LogP contribution in [0.25, 0.3) is 0 Å². The van der Waals surface area contributed by atoms with E-state index in [1.807, 2.05) is 0 Å². The molecule has 1 aliphatic carbocycles. The molecule has 20 heavy (non-hydrogen) atoms. The third-order valence-electron chi connectivity index (χ3n) is 3.55. The molecule has 2 N–H and O–H groups in total. The van der Waals surface area contributed by atoms with Crippen molar-refractivity contribution >= 4 is 29.9 Å². The summed E-state index contributed by atoms with van der Waals surface area (Å²) in [5.41, 5.74) is 0.115. The zero-order chi connectivity index (χ0) is 14.3. The van der Waals surface area contributed by atoms with Gasteiger partial charge in [-0.1, -0.05) is 33.6 Å². The van der Waals surface area contributed by atoms with Crippen molar-refractivity contribution in [2.45, 2.75) is 53.1 Å². The van der Waals surface area contributed by atoms with Gasteiger partial charge in [0.15, 0.2) is 5.96 Å². The number of ether oxygens (including phenoxy) is 1. The number of hydrogen-bond donors (Lipinski definition) is 2. The molecule has 1 atom stereocenters. The number of halogens is 1. The second kappa shape index (κ2) is 9.82. The van der Waals surface area contributed by atoms with Gasteiger partial charge >= 0.3 is 0 Å². The van der Waals surface area contributed by atoms with E-state index >= 15 is 0 Å². The van der Waals surface area contributed by atoms with E-state index in [-0.39, 0.29) is 35.5 Å². The minimum atomic E-state index is 0. The van der Waals surface area contributed by atoms with Gasteiger partial charge in [-0.15, -0.1) is 24.0 Å². The smallest absolute Gasteiger partial charge is 0.191 e. The predicted octanol–water partition coefficient (Wildman–Crippen LogP) is 3.02. The maximum Gasteiger partial charge on any atom is 0.191 e. The van der Waals surface area contributed by atoms with Crippen LogP contribution >= 0.6 is 24.0 Å². The summed E-state index contributed by atoms with van der Waals surface area (Å²) in [6.07, 6.45) is 4.22. The Hall–Kier alpha value is -0.0400. The summed E-state index contributed by atoms with van der Waals surface area (Å²) < 4.78 is 5.53. The monoisotopic (exact) mass is 397 g/mol. The molecule has 1 fully saturated rings. The van der Waals surface area contributed by atoms with Crippen LogP contribution in [-0.4, -0.2) is 38.8 Å². The van der Waals surface area contributed by atoms with Crippen molar-refractivity contribution in [2.75, 3.05) is 26.7 Å². The fraction of sp³-hybridized carbons (Fsp3) is 0.933. The van der Waals surface area contributed by atoms with E-state index in [1.54, 1.807) is 7.11 Å². The Morgan fingerprint density at radius 3 is 2.40 bits per heavy atom. The summed E-state index contributed by atoms with van der Waals surface area (Å²) in [7, 11) is 1.76. The van der Waals surface area contributed by atoms with Gasteiger partial charge in [-0.25, -0.2) is 0 Å². The summed E-state index contributed by atoms with van der Waals surface area (Å²) in [6.45, 7) is 11.2. The molecule has 0 aliphatic heterocycles. The SMILES string of the molecule is CCNC(=NCC(OC)C(C)(C)C)NCCC1CC1.I. The molecule has 4 nitrogen and oxygen atoms in total. The van der Waals surface area contributed by atoms with Crippen LogP contribution in [0.15, 0.2) is 4.99 Å². The summed E-state index contributed by atoms with van der Waals surface area (Å²) in [5, 5.41) is 6.70. The van der Waals surface area contributed by atoms with Crippen molar-refractivity contribution in [1.29, 1.82) is 0 Å². The Balaban J connectivity index is 0.00000361. The van der Waals surface area contributed by atoms with Crippen molar-refractivity contribution in [2.24, 2.45) is 16.3 Å². The van der Waals surface area contributed by atoms with Crippen molar-refractivity contribution < 1.29 is 4.74 Å². The molecule has 0 aromatic carbocycles. The lowest BCUT2D eigenvalue weighted by Crippen LogP contribution is -2.39. The summed E-state index contributed by atoms with van der Waals surface area (Å²) in [4.78, 5) is 4.64. The molecule has 1 unspecified atom stereocenters. The molecule has 120 valence electrons. The number of nitrogens with zero attached hydrogens (tertiary/aromatic N) is 1. The predicted molar refractivity (Wildman–Crippen MR) is 97.0 cm³/mol. The van der Waals surface area contributed by atoms with Gasteiger partial charge in [0.2, 0.25) is 0 Å². The summed E-state index contributed by atoms with van der Waals surface area (Å²) in [5.74, 6) is 1.87. The van der Waals surface area contributed by atoms with Crippen molar-refractivity contribution in [3.63, 3.8) is 0 Å². The molecule has 0 heterocycles. The minimum Gasteiger partial charge on any atom is -0.379 e. The van der Waals surface area contributed by atoms with Crippen LogP contribution in [0.4, 0.5) is 0 Å². The van der Waals surface area contributed by atoms with E-state index in [2.05, 4.69) is 43.3 Å². The number of nitrogens with one attached hydrogen (secondary N) is 2. The number of hydrogen-bond acceptors (Lipinski definition) is 2.